The lowest BCUT2D eigenvalue weighted by atomic mass is 10.2. The lowest BCUT2D eigenvalue weighted by Crippen LogP contribution is -2.15. The molecule has 0 saturated carbocycles. The molecule has 0 aliphatic rings. The highest BCUT2D eigenvalue weighted by Gasteiger charge is 2.17. The zero-order chi connectivity index (χ0) is 15.6. The molecule has 2 rings (SSSR count). The zero-order valence-corrected chi connectivity index (χ0v) is 12.2. The second kappa shape index (κ2) is 5.49. The van der Waals surface area contributed by atoms with E-state index in [4.69, 9.17) is 0 Å². The van der Waals surface area contributed by atoms with E-state index in [1.807, 2.05) is 6.92 Å². The van der Waals surface area contributed by atoms with Crippen LogP contribution in [0.2, 0.25) is 0 Å². The monoisotopic (exact) mass is 307 g/mol. The van der Waals surface area contributed by atoms with E-state index in [9.17, 15) is 18.5 Å². The van der Waals surface area contributed by atoms with Crippen LogP contribution >= 0.6 is 0 Å². The highest BCUT2D eigenvalue weighted by Crippen LogP contribution is 2.21. The minimum absolute atomic E-state index is 0.0705. The summed E-state index contributed by atoms with van der Waals surface area (Å²) in [5, 5.41) is 10.6. The number of aryl methyl sites for hydroxylation is 2. The summed E-state index contributed by atoms with van der Waals surface area (Å²) in [6.45, 7) is 3.40. The van der Waals surface area contributed by atoms with Crippen molar-refractivity contribution in [2.45, 2.75) is 18.7 Å². The van der Waals surface area contributed by atoms with Crippen molar-refractivity contribution in [3.63, 3.8) is 0 Å². The molecule has 21 heavy (non-hydrogen) atoms. The smallest absolute Gasteiger partial charge is 0.263 e. The summed E-state index contributed by atoms with van der Waals surface area (Å²) in [5.41, 5.74) is 1.13. The first kappa shape index (κ1) is 14.9. The SMILES string of the molecule is Cc1ccc(S(=O)(=O)Nc2ncc([N+](=O)[O-])cc2C)cc1. The van der Waals surface area contributed by atoms with Gasteiger partial charge in [-0.05, 0) is 31.5 Å². The molecule has 0 bridgehead atoms. The van der Waals surface area contributed by atoms with Gasteiger partial charge in [0, 0.05) is 6.07 Å². The predicted octanol–water partition coefficient (Wildman–Crippen LogP) is 2.41. The van der Waals surface area contributed by atoms with Crippen LogP contribution in [0.3, 0.4) is 0 Å². The minimum Gasteiger partial charge on any atom is -0.263 e. The topological polar surface area (TPSA) is 102 Å². The third kappa shape index (κ3) is 3.34. The van der Waals surface area contributed by atoms with Crippen molar-refractivity contribution < 1.29 is 13.3 Å². The Labute approximate surface area is 121 Å². The maximum Gasteiger partial charge on any atom is 0.287 e. The molecule has 1 aromatic heterocycles. The Morgan fingerprint density at radius 2 is 1.81 bits per heavy atom. The van der Waals surface area contributed by atoms with Crippen LogP contribution in [0.4, 0.5) is 11.5 Å². The molecule has 7 nitrogen and oxygen atoms in total. The van der Waals surface area contributed by atoms with Crippen LogP contribution in [0.5, 0.6) is 0 Å². The molecule has 1 aromatic carbocycles. The Bertz CT molecular complexity index is 786. The van der Waals surface area contributed by atoms with Crippen molar-refractivity contribution in [3.05, 3.63) is 57.8 Å². The zero-order valence-electron chi connectivity index (χ0n) is 11.4. The highest BCUT2D eigenvalue weighted by atomic mass is 32.2. The molecular formula is C13H13N3O4S. The number of nitrogens with zero attached hydrogens (tertiary/aromatic N) is 2. The van der Waals surface area contributed by atoms with E-state index in [0.29, 0.717) is 5.56 Å². The van der Waals surface area contributed by atoms with Crippen molar-refractivity contribution >= 4 is 21.5 Å². The van der Waals surface area contributed by atoms with E-state index < -0.39 is 14.9 Å². The van der Waals surface area contributed by atoms with E-state index in [0.717, 1.165) is 11.8 Å². The number of pyridine rings is 1. The number of benzene rings is 1. The Hall–Kier alpha value is -2.48. The molecule has 0 fully saturated rings. The number of rotatable bonds is 4. The Balaban J connectivity index is 2.32. The fraction of sp³-hybridized carbons (Fsp3) is 0.154. The van der Waals surface area contributed by atoms with Crippen LogP contribution in [0.25, 0.3) is 0 Å². The first-order valence-electron chi connectivity index (χ1n) is 6.00. The van der Waals surface area contributed by atoms with Crippen LogP contribution in [0, 0.1) is 24.0 Å². The molecule has 0 atom stereocenters. The lowest BCUT2D eigenvalue weighted by Gasteiger charge is -2.09. The number of nitro groups is 1. The maximum atomic E-state index is 12.2. The fourth-order valence-electron chi connectivity index (χ4n) is 1.67. The first-order chi connectivity index (χ1) is 9.79. The van der Waals surface area contributed by atoms with Crippen LogP contribution in [-0.2, 0) is 10.0 Å². The summed E-state index contributed by atoms with van der Waals surface area (Å²) < 4.78 is 26.7. The van der Waals surface area contributed by atoms with Gasteiger partial charge in [0.25, 0.3) is 15.7 Å². The van der Waals surface area contributed by atoms with E-state index >= 15 is 0 Å². The van der Waals surface area contributed by atoms with E-state index in [-0.39, 0.29) is 16.4 Å². The number of hydrogen-bond acceptors (Lipinski definition) is 5. The summed E-state index contributed by atoms with van der Waals surface area (Å²) in [4.78, 5) is 13.9. The Morgan fingerprint density at radius 1 is 1.19 bits per heavy atom. The summed E-state index contributed by atoms with van der Waals surface area (Å²) in [7, 11) is -3.77. The molecule has 110 valence electrons. The van der Waals surface area contributed by atoms with Crippen molar-refractivity contribution in [1.29, 1.82) is 0 Å². The van der Waals surface area contributed by atoms with Crippen LogP contribution in [-0.4, -0.2) is 18.3 Å². The summed E-state index contributed by atoms with van der Waals surface area (Å²) >= 11 is 0. The highest BCUT2D eigenvalue weighted by molar-refractivity contribution is 7.92. The van der Waals surface area contributed by atoms with E-state index in [2.05, 4.69) is 9.71 Å². The lowest BCUT2D eigenvalue weighted by molar-refractivity contribution is -0.385. The number of nitrogens with one attached hydrogen (secondary N) is 1. The quantitative estimate of drug-likeness (QED) is 0.690. The predicted molar refractivity (Wildman–Crippen MR) is 77.6 cm³/mol. The average molecular weight is 307 g/mol. The van der Waals surface area contributed by atoms with Crippen LogP contribution < -0.4 is 4.72 Å². The average Bonchev–Trinajstić information content (AvgIpc) is 2.41. The van der Waals surface area contributed by atoms with Gasteiger partial charge in [0.05, 0.1) is 9.82 Å². The van der Waals surface area contributed by atoms with Gasteiger partial charge in [0.1, 0.15) is 12.0 Å². The number of sulfonamides is 1. The molecule has 0 amide bonds. The molecular weight excluding hydrogens is 294 g/mol. The molecule has 1 N–H and O–H groups in total. The van der Waals surface area contributed by atoms with Gasteiger partial charge in [0.2, 0.25) is 0 Å². The molecule has 1 heterocycles. The van der Waals surface area contributed by atoms with E-state index in [1.54, 1.807) is 19.1 Å². The van der Waals surface area contributed by atoms with Gasteiger partial charge in [-0.25, -0.2) is 13.4 Å². The number of aromatic nitrogens is 1. The van der Waals surface area contributed by atoms with Gasteiger partial charge in [-0.1, -0.05) is 17.7 Å². The molecule has 0 unspecified atom stereocenters. The third-order valence-corrected chi connectivity index (χ3v) is 4.19. The fourth-order valence-corrected chi connectivity index (χ4v) is 2.75. The second-order valence-electron chi connectivity index (χ2n) is 4.53. The third-order valence-electron chi connectivity index (χ3n) is 2.84. The second-order valence-corrected chi connectivity index (χ2v) is 6.22. The molecule has 0 spiro atoms. The standard InChI is InChI=1S/C13H13N3O4S/c1-9-3-5-12(6-4-9)21(19,20)15-13-10(2)7-11(8-14-13)16(17)18/h3-8H,1-2H3,(H,14,15). The molecule has 0 aliphatic carbocycles. The molecule has 8 heteroatoms. The first-order valence-corrected chi connectivity index (χ1v) is 7.48. The molecule has 2 aromatic rings. The largest absolute Gasteiger partial charge is 0.287 e. The maximum absolute atomic E-state index is 12.2. The van der Waals surface area contributed by atoms with Gasteiger partial charge in [-0.3, -0.25) is 14.8 Å². The van der Waals surface area contributed by atoms with Crippen molar-refractivity contribution in [3.8, 4) is 0 Å². The van der Waals surface area contributed by atoms with Gasteiger partial charge in [-0.15, -0.1) is 0 Å². The summed E-state index contributed by atoms with van der Waals surface area (Å²) in [6, 6.07) is 7.60. The van der Waals surface area contributed by atoms with E-state index in [1.165, 1.54) is 18.2 Å². The van der Waals surface area contributed by atoms with Crippen LogP contribution in [0.15, 0.2) is 41.4 Å². The minimum atomic E-state index is -3.77. The van der Waals surface area contributed by atoms with Gasteiger partial charge >= 0.3 is 0 Å². The summed E-state index contributed by atoms with van der Waals surface area (Å²) in [6.07, 6.45) is 1.01. The van der Waals surface area contributed by atoms with Crippen LogP contribution in [0.1, 0.15) is 11.1 Å². The Kier molecular flexibility index (Phi) is 3.90. The normalized spacial score (nSPS) is 11.1. The summed E-state index contributed by atoms with van der Waals surface area (Å²) in [5.74, 6) is 0.0705. The molecule has 0 saturated heterocycles. The Morgan fingerprint density at radius 3 is 2.33 bits per heavy atom. The van der Waals surface area contributed by atoms with Crippen molar-refractivity contribution in [2.75, 3.05) is 4.72 Å². The van der Waals surface area contributed by atoms with Gasteiger partial charge < -0.3 is 0 Å². The number of hydrogen-bond donors (Lipinski definition) is 1. The molecule has 0 aliphatic heterocycles. The number of anilines is 1. The molecule has 0 radical (unpaired) electrons. The van der Waals surface area contributed by atoms with Crippen molar-refractivity contribution in [1.82, 2.24) is 4.98 Å². The van der Waals surface area contributed by atoms with Gasteiger partial charge in [-0.2, -0.15) is 0 Å². The van der Waals surface area contributed by atoms with Gasteiger partial charge in [0.15, 0.2) is 0 Å². The van der Waals surface area contributed by atoms with Crippen molar-refractivity contribution in [2.24, 2.45) is 0 Å².